The van der Waals surface area contributed by atoms with E-state index in [1.165, 1.54) is 0 Å². The summed E-state index contributed by atoms with van der Waals surface area (Å²) in [5, 5.41) is 19.9. The van der Waals surface area contributed by atoms with Crippen molar-refractivity contribution in [3.8, 4) is 11.4 Å². The molecule has 0 saturated carbocycles. The summed E-state index contributed by atoms with van der Waals surface area (Å²) in [5.74, 6) is 1.07. The van der Waals surface area contributed by atoms with Crippen LogP contribution in [0.5, 0.6) is 0 Å². The highest BCUT2D eigenvalue weighted by Crippen LogP contribution is 2.17. The van der Waals surface area contributed by atoms with Gasteiger partial charge in [0.25, 0.3) is 5.91 Å². The third-order valence-electron chi connectivity index (χ3n) is 3.87. The smallest absolute Gasteiger partial charge is 0.251 e. The van der Waals surface area contributed by atoms with E-state index in [2.05, 4.69) is 20.5 Å². The molecule has 1 aromatic carbocycles. The number of H-pyrrole nitrogens is 1. The molecule has 2 aromatic rings. The molecule has 0 atom stereocenters. The normalized spacial score (nSPS) is 11.5. The van der Waals surface area contributed by atoms with Gasteiger partial charge in [-0.2, -0.15) is 5.10 Å². The molecule has 3 N–H and O–H groups in total. The van der Waals surface area contributed by atoms with Gasteiger partial charge in [-0.1, -0.05) is 26.0 Å². The summed E-state index contributed by atoms with van der Waals surface area (Å²) in [6, 6.07) is 7.12. The van der Waals surface area contributed by atoms with E-state index in [9.17, 15) is 9.90 Å². The van der Waals surface area contributed by atoms with Gasteiger partial charge in [-0.15, -0.1) is 0 Å². The van der Waals surface area contributed by atoms with Gasteiger partial charge in [0.15, 0.2) is 5.82 Å². The SMILES string of the molecule is CCC(O)(CC)CNC(=O)c1cccc(-c2n[nH]c(C)n2)c1. The molecule has 6 nitrogen and oxygen atoms in total. The minimum atomic E-state index is -0.853. The fourth-order valence-electron chi connectivity index (χ4n) is 2.12. The van der Waals surface area contributed by atoms with Crippen molar-refractivity contribution >= 4 is 5.91 Å². The first kappa shape index (κ1) is 16.2. The van der Waals surface area contributed by atoms with Crippen LogP contribution in [0.1, 0.15) is 42.9 Å². The van der Waals surface area contributed by atoms with Crippen LogP contribution in [-0.2, 0) is 0 Å². The summed E-state index contributed by atoms with van der Waals surface area (Å²) in [4.78, 5) is 16.5. The molecule has 118 valence electrons. The summed E-state index contributed by atoms with van der Waals surface area (Å²) < 4.78 is 0. The molecule has 1 amide bonds. The van der Waals surface area contributed by atoms with E-state index in [4.69, 9.17) is 0 Å². The van der Waals surface area contributed by atoms with Crippen molar-refractivity contribution in [2.75, 3.05) is 6.54 Å². The average molecular weight is 302 g/mol. The fourth-order valence-corrected chi connectivity index (χ4v) is 2.12. The fraction of sp³-hybridized carbons (Fsp3) is 0.438. The molecule has 0 aliphatic rings. The van der Waals surface area contributed by atoms with Crippen molar-refractivity contribution in [3.05, 3.63) is 35.7 Å². The monoisotopic (exact) mass is 302 g/mol. The van der Waals surface area contributed by atoms with E-state index in [0.29, 0.717) is 24.2 Å². The first-order chi connectivity index (χ1) is 10.5. The van der Waals surface area contributed by atoms with E-state index in [0.717, 1.165) is 11.4 Å². The molecular formula is C16H22N4O2. The third-order valence-corrected chi connectivity index (χ3v) is 3.87. The predicted octanol–water partition coefficient (Wildman–Crippen LogP) is 2.06. The molecule has 1 heterocycles. The predicted molar refractivity (Wildman–Crippen MR) is 84.4 cm³/mol. The molecule has 0 spiro atoms. The molecular weight excluding hydrogens is 280 g/mol. The molecule has 0 saturated heterocycles. The maximum Gasteiger partial charge on any atom is 0.251 e. The van der Waals surface area contributed by atoms with Gasteiger partial charge in [0.1, 0.15) is 5.82 Å². The van der Waals surface area contributed by atoms with Crippen molar-refractivity contribution in [2.45, 2.75) is 39.2 Å². The number of carbonyl (C=O) groups is 1. The number of amides is 1. The number of rotatable bonds is 6. The van der Waals surface area contributed by atoms with Gasteiger partial charge < -0.3 is 10.4 Å². The van der Waals surface area contributed by atoms with Crippen molar-refractivity contribution in [2.24, 2.45) is 0 Å². The van der Waals surface area contributed by atoms with Gasteiger partial charge in [0.2, 0.25) is 0 Å². The minimum absolute atomic E-state index is 0.213. The first-order valence-corrected chi connectivity index (χ1v) is 7.47. The maximum atomic E-state index is 12.2. The lowest BCUT2D eigenvalue weighted by Crippen LogP contribution is -2.42. The Morgan fingerprint density at radius 1 is 1.36 bits per heavy atom. The average Bonchev–Trinajstić information content (AvgIpc) is 2.99. The van der Waals surface area contributed by atoms with Gasteiger partial charge in [-0.05, 0) is 31.9 Å². The maximum absolute atomic E-state index is 12.2. The summed E-state index contributed by atoms with van der Waals surface area (Å²) in [5.41, 5.74) is 0.446. The lowest BCUT2D eigenvalue weighted by Gasteiger charge is -2.25. The van der Waals surface area contributed by atoms with Crippen LogP contribution in [0.15, 0.2) is 24.3 Å². The van der Waals surface area contributed by atoms with E-state index in [1.54, 1.807) is 18.2 Å². The number of nitrogens with one attached hydrogen (secondary N) is 2. The van der Waals surface area contributed by atoms with Gasteiger partial charge in [-0.3, -0.25) is 9.89 Å². The Balaban J connectivity index is 2.11. The van der Waals surface area contributed by atoms with Crippen LogP contribution in [0.2, 0.25) is 0 Å². The van der Waals surface area contributed by atoms with Crippen LogP contribution in [0.25, 0.3) is 11.4 Å². The summed E-state index contributed by atoms with van der Waals surface area (Å²) >= 11 is 0. The quantitative estimate of drug-likeness (QED) is 0.761. The molecule has 0 fully saturated rings. The zero-order valence-electron chi connectivity index (χ0n) is 13.2. The summed E-state index contributed by atoms with van der Waals surface area (Å²) in [7, 11) is 0. The molecule has 0 aliphatic carbocycles. The standard InChI is InChI=1S/C16H22N4O2/c1-4-16(22,5-2)10-17-15(21)13-8-6-7-12(9-13)14-18-11(3)19-20-14/h6-9,22H,4-5,10H2,1-3H3,(H,17,21)(H,18,19,20). The van der Waals surface area contributed by atoms with Crippen molar-refractivity contribution in [1.29, 1.82) is 0 Å². The Kier molecular flexibility index (Phi) is 4.92. The Hall–Kier alpha value is -2.21. The number of nitrogens with zero attached hydrogens (tertiary/aromatic N) is 2. The Labute approximate surface area is 130 Å². The van der Waals surface area contributed by atoms with Crippen molar-refractivity contribution in [1.82, 2.24) is 20.5 Å². The number of benzene rings is 1. The number of aromatic nitrogens is 3. The highest BCUT2D eigenvalue weighted by Gasteiger charge is 2.23. The minimum Gasteiger partial charge on any atom is -0.388 e. The van der Waals surface area contributed by atoms with E-state index < -0.39 is 5.60 Å². The van der Waals surface area contributed by atoms with E-state index >= 15 is 0 Å². The number of carbonyl (C=O) groups excluding carboxylic acids is 1. The molecule has 0 radical (unpaired) electrons. The largest absolute Gasteiger partial charge is 0.388 e. The Morgan fingerprint density at radius 2 is 2.09 bits per heavy atom. The van der Waals surface area contributed by atoms with Crippen molar-refractivity contribution in [3.63, 3.8) is 0 Å². The molecule has 1 aromatic heterocycles. The van der Waals surface area contributed by atoms with Gasteiger partial charge in [0, 0.05) is 17.7 Å². The van der Waals surface area contributed by atoms with Gasteiger partial charge in [0.05, 0.1) is 5.60 Å². The molecule has 0 unspecified atom stereocenters. The summed E-state index contributed by atoms with van der Waals surface area (Å²) in [6.07, 6.45) is 1.20. The van der Waals surface area contributed by atoms with Crippen LogP contribution in [0.4, 0.5) is 0 Å². The lowest BCUT2D eigenvalue weighted by atomic mass is 9.97. The van der Waals surface area contributed by atoms with Crippen LogP contribution >= 0.6 is 0 Å². The molecule has 2 rings (SSSR count). The molecule has 22 heavy (non-hydrogen) atoms. The Bertz CT molecular complexity index is 647. The van der Waals surface area contributed by atoms with Gasteiger partial charge >= 0.3 is 0 Å². The number of aromatic amines is 1. The summed E-state index contributed by atoms with van der Waals surface area (Å²) in [6.45, 7) is 5.87. The number of aryl methyl sites for hydroxylation is 1. The number of aliphatic hydroxyl groups is 1. The highest BCUT2D eigenvalue weighted by atomic mass is 16.3. The molecule has 6 heteroatoms. The van der Waals surface area contributed by atoms with Crippen molar-refractivity contribution < 1.29 is 9.90 Å². The number of hydrogen-bond acceptors (Lipinski definition) is 4. The topological polar surface area (TPSA) is 90.9 Å². The second-order valence-electron chi connectivity index (χ2n) is 5.44. The lowest BCUT2D eigenvalue weighted by molar-refractivity contribution is 0.0314. The van der Waals surface area contributed by atoms with Crippen LogP contribution in [0, 0.1) is 6.92 Å². The zero-order valence-corrected chi connectivity index (χ0v) is 13.2. The van der Waals surface area contributed by atoms with Crippen LogP contribution < -0.4 is 5.32 Å². The van der Waals surface area contributed by atoms with Crippen LogP contribution in [-0.4, -0.2) is 38.3 Å². The Morgan fingerprint density at radius 3 is 2.68 bits per heavy atom. The number of hydrogen-bond donors (Lipinski definition) is 3. The van der Waals surface area contributed by atoms with Crippen LogP contribution in [0.3, 0.4) is 0 Å². The zero-order chi connectivity index (χ0) is 16.2. The second kappa shape index (κ2) is 6.70. The molecule has 0 aliphatic heterocycles. The highest BCUT2D eigenvalue weighted by molar-refractivity contribution is 5.95. The third kappa shape index (κ3) is 3.71. The van der Waals surface area contributed by atoms with E-state index in [1.807, 2.05) is 26.8 Å². The van der Waals surface area contributed by atoms with Gasteiger partial charge in [-0.25, -0.2) is 4.98 Å². The molecule has 0 bridgehead atoms. The first-order valence-electron chi connectivity index (χ1n) is 7.47. The van der Waals surface area contributed by atoms with E-state index in [-0.39, 0.29) is 12.5 Å². The second-order valence-corrected chi connectivity index (χ2v) is 5.44.